The van der Waals surface area contributed by atoms with E-state index in [1.807, 2.05) is 18.2 Å². The number of nitrogens with zero attached hydrogens (tertiary/aromatic N) is 2. The minimum atomic E-state index is -0.587. The van der Waals surface area contributed by atoms with Crippen LogP contribution in [0.3, 0.4) is 0 Å². The van der Waals surface area contributed by atoms with Crippen LogP contribution >= 0.6 is 0 Å². The molecule has 3 rings (SSSR count). The van der Waals surface area contributed by atoms with Gasteiger partial charge in [-0.15, -0.1) is 0 Å². The number of aromatic amines is 1. The average Bonchev–Trinajstić information content (AvgIpc) is 3.10. The first-order valence-corrected chi connectivity index (χ1v) is 9.89. The number of hydrogen-bond acceptors (Lipinski definition) is 8. The minimum absolute atomic E-state index is 0.137. The predicted molar refractivity (Wildman–Crippen MR) is 114 cm³/mol. The molecule has 10 nitrogen and oxygen atoms in total. The number of nitrogen functional groups attached to an aromatic ring is 1. The molecule has 2 aromatic rings. The largest absolute Gasteiger partial charge is 0.444 e. The molecule has 0 atom stereocenters. The fourth-order valence-corrected chi connectivity index (χ4v) is 2.94. The van der Waals surface area contributed by atoms with Crippen LogP contribution in [0.15, 0.2) is 24.4 Å². The van der Waals surface area contributed by atoms with Gasteiger partial charge in [-0.3, -0.25) is 25.6 Å². The second-order valence-electron chi connectivity index (χ2n) is 8.09. The lowest BCUT2D eigenvalue weighted by atomic mass is 10.1. The van der Waals surface area contributed by atoms with Crippen molar-refractivity contribution >= 4 is 23.2 Å². The third-order valence-electron chi connectivity index (χ3n) is 4.38. The zero-order valence-electron chi connectivity index (χ0n) is 17.7. The highest BCUT2D eigenvalue weighted by molar-refractivity contribution is 5.85. The molecule has 0 spiro atoms. The SMILES string of the molecule is CC(C)(C)OC(=O)Nc1cn[nH]c1CONc1cc(CN2CCOCC2)ccc1N. The number of amides is 1. The molecule has 164 valence electrons. The van der Waals surface area contributed by atoms with Crippen molar-refractivity contribution in [1.82, 2.24) is 15.1 Å². The van der Waals surface area contributed by atoms with Crippen molar-refractivity contribution in [1.29, 1.82) is 0 Å². The molecule has 1 aromatic heterocycles. The molecular formula is C20H30N6O4. The summed E-state index contributed by atoms with van der Waals surface area (Å²) in [7, 11) is 0. The Kier molecular flexibility index (Phi) is 7.14. The third-order valence-corrected chi connectivity index (χ3v) is 4.38. The van der Waals surface area contributed by atoms with E-state index in [1.54, 1.807) is 20.8 Å². The number of ether oxygens (including phenoxy) is 2. The molecule has 10 heteroatoms. The van der Waals surface area contributed by atoms with Crippen LogP contribution in [0, 0.1) is 0 Å². The lowest BCUT2D eigenvalue weighted by Gasteiger charge is -2.26. The first kappa shape index (κ1) is 21.9. The van der Waals surface area contributed by atoms with E-state index in [2.05, 4.69) is 25.9 Å². The van der Waals surface area contributed by atoms with E-state index in [0.29, 0.717) is 22.8 Å². The molecule has 0 aliphatic carbocycles. The Labute approximate surface area is 176 Å². The predicted octanol–water partition coefficient (Wildman–Crippen LogP) is 2.71. The van der Waals surface area contributed by atoms with Crippen LogP contribution in [0.2, 0.25) is 0 Å². The maximum atomic E-state index is 12.0. The lowest BCUT2D eigenvalue weighted by Crippen LogP contribution is -2.35. The van der Waals surface area contributed by atoms with E-state index < -0.39 is 11.7 Å². The highest BCUT2D eigenvalue weighted by atomic mass is 16.6. The molecule has 2 heterocycles. The summed E-state index contributed by atoms with van der Waals surface area (Å²) in [4.78, 5) is 19.9. The topological polar surface area (TPSA) is 127 Å². The van der Waals surface area contributed by atoms with Crippen LogP contribution in [-0.4, -0.2) is 53.1 Å². The molecule has 1 aliphatic rings. The van der Waals surface area contributed by atoms with Crippen molar-refractivity contribution in [2.24, 2.45) is 0 Å². The van der Waals surface area contributed by atoms with Crippen molar-refractivity contribution in [3.8, 4) is 0 Å². The number of benzene rings is 1. The van der Waals surface area contributed by atoms with Gasteiger partial charge in [-0.05, 0) is 38.5 Å². The van der Waals surface area contributed by atoms with E-state index in [1.165, 1.54) is 6.20 Å². The van der Waals surface area contributed by atoms with Gasteiger partial charge in [0.05, 0.1) is 42.2 Å². The molecule has 1 aromatic carbocycles. The summed E-state index contributed by atoms with van der Waals surface area (Å²) in [5, 5.41) is 9.41. The minimum Gasteiger partial charge on any atom is -0.444 e. The van der Waals surface area contributed by atoms with Crippen molar-refractivity contribution in [2.45, 2.75) is 39.5 Å². The van der Waals surface area contributed by atoms with E-state index in [9.17, 15) is 4.79 Å². The number of nitrogens with two attached hydrogens (primary N) is 1. The number of carbonyl (C=O) groups is 1. The summed E-state index contributed by atoms with van der Waals surface area (Å²) in [6.45, 7) is 9.70. The van der Waals surface area contributed by atoms with Crippen molar-refractivity contribution < 1.29 is 19.1 Å². The molecule has 0 saturated carbocycles. The zero-order chi connectivity index (χ0) is 21.6. The molecule has 1 amide bonds. The Morgan fingerprint density at radius 3 is 2.80 bits per heavy atom. The van der Waals surface area contributed by atoms with Gasteiger partial charge in [-0.1, -0.05) is 6.07 Å². The van der Waals surface area contributed by atoms with Gasteiger partial charge in [-0.2, -0.15) is 5.10 Å². The van der Waals surface area contributed by atoms with Crippen molar-refractivity contribution in [3.63, 3.8) is 0 Å². The van der Waals surface area contributed by atoms with Gasteiger partial charge in [0.15, 0.2) is 0 Å². The molecule has 0 unspecified atom stereocenters. The number of H-pyrrole nitrogens is 1. The standard InChI is InChI=1S/C20H30N6O4/c1-20(2,3)30-19(27)23-17-11-22-24-18(17)13-29-25-16-10-14(4-5-15(16)21)12-26-6-8-28-9-7-26/h4-5,10-11,25H,6-9,12-13,21H2,1-3H3,(H,22,24)(H,23,27). The Morgan fingerprint density at radius 1 is 1.30 bits per heavy atom. The second-order valence-corrected chi connectivity index (χ2v) is 8.09. The summed E-state index contributed by atoms with van der Waals surface area (Å²) in [6.07, 6.45) is 0.943. The van der Waals surface area contributed by atoms with Gasteiger partial charge in [0.25, 0.3) is 0 Å². The van der Waals surface area contributed by atoms with Crippen LogP contribution in [0.25, 0.3) is 0 Å². The number of hydrogen-bond donors (Lipinski definition) is 4. The molecule has 5 N–H and O–H groups in total. The van der Waals surface area contributed by atoms with Crippen molar-refractivity contribution in [3.05, 3.63) is 35.7 Å². The third kappa shape index (κ3) is 6.61. The number of nitrogens with one attached hydrogen (secondary N) is 3. The number of anilines is 3. The molecule has 0 radical (unpaired) electrons. The van der Waals surface area contributed by atoms with Crippen LogP contribution in [0.1, 0.15) is 32.0 Å². The monoisotopic (exact) mass is 418 g/mol. The van der Waals surface area contributed by atoms with Crippen LogP contribution in [0.5, 0.6) is 0 Å². The second kappa shape index (κ2) is 9.79. The maximum Gasteiger partial charge on any atom is 0.412 e. The van der Waals surface area contributed by atoms with Gasteiger partial charge < -0.3 is 15.2 Å². The quantitative estimate of drug-likeness (QED) is 0.399. The average molecular weight is 418 g/mol. The Hall–Kier alpha value is -2.82. The first-order chi connectivity index (χ1) is 14.3. The Balaban J connectivity index is 1.53. The van der Waals surface area contributed by atoms with Gasteiger partial charge in [0, 0.05) is 19.6 Å². The van der Waals surface area contributed by atoms with Gasteiger partial charge in [0.1, 0.15) is 12.2 Å². The smallest absolute Gasteiger partial charge is 0.412 e. The number of morpholine rings is 1. The van der Waals surface area contributed by atoms with Gasteiger partial charge in [0.2, 0.25) is 0 Å². The summed E-state index contributed by atoms with van der Waals surface area (Å²) < 4.78 is 10.6. The molecule has 1 aliphatic heterocycles. The summed E-state index contributed by atoms with van der Waals surface area (Å²) in [5.41, 5.74) is 11.8. The molecular weight excluding hydrogens is 388 g/mol. The normalized spacial score (nSPS) is 15.0. The van der Waals surface area contributed by atoms with Crippen molar-refractivity contribution in [2.75, 3.05) is 42.8 Å². The highest BCUT2D eigenvalue weighted by Crippen LogP contribution is 2.22. The highest BCUT2D eigenvalue weighted by Gasteiger charge is 2.18. The maximum absolute atomic E-state index is 12.0. The van der Waals surface area contributed by atoms with E-state index in [4.69, 9.17) is 20.0 Å². The van der Waals surface area contributed by atoms with E-state index in [-0.39, 0.29) is 6.61 Å². The molecule has 0 bridgehead atoms. The summed E-state index contributed by atoms with van der Waals surface area (Å²) in [5.74, 6) is 0. The van der Waals surface area contributed by atoms with Gasteiger partial charge in [-0.25, -0.2) is 4.79 Å². The fraction of sp³-hybridized carbons (Fsp3) is 0.500. The van der Waals surface area contributed by atoms with Gasteiger partial charge >= 0.3 is 6.09 Å². The van der Waals surface area contributed by atoms with Crippen LogP contribution in [0.4, 0.5) is 21.9 Å². The Morgan fingerprint density at radius 2 is 2.07 bits per heavy atom. The van der Waals surface area contributed by atoms with E-state index in [0.717, 1.165) is 38.4 Å². The molecule has 30 heavy (non-hydrogen) atoms. The summed E-state index contributed by atoms with van der Waals surface area (Å²) >= 11 is 0. The summed E-state index contributed by atoms with van der Waals surface area (Å²) in [6, 6.07) is 5.83. The molecule has 1 saturated heterocycles. The lowest BCUT2D eigenvalue weighted by molar-refractivity contribution is 0.0342. The zero-order valence-corrected chi connectivity index (χ0v) is 17.7. The fourth-order valence-electron chi connectivity index (χ4n) is 2.94. The number of carbonyl (C=O) groups excluding carboxylic acids is 1. The van der Waals surface area contributed by atoms with E-state index >= 15 is 0 Å². The number of rotatable bonds is 7. The van der Waals surface area contributed by atoms with Crippen LogP contribution < -0.4 is 16.5 Å². The van der Waals surface area contributed by atoms with Crippen LogP contribution in [-0.2, 0) is 27.5 Å². The first-order valence-electron chi connectivity index (χ1n) is 9.89. The Bertz CT molecular complexity index is 842. The molecule has 1 fully saturated rings. The number of aromatic nitrogens is 2.